The Hall–Kier alpha value is -2.63. The van der Waals surface area contributed by atoms with E-state index in [1.165, 1.54) is 0 Å². The Morgan fingerprint density at radius 3 is 2.37 bits per heavy atom. The zero-order valence-corrected chi connectivity index (χ0v) is 16.2. The molecule has 27 heavy (non-hydrogen) atoms. The lowest BCUT2D eigenvalue weighted by Crippen LogP contribution is -2.37. The molecule has 2 heterocycles. The van der Waals surface area contributed by atoms with Gasteiger partial charge in [-0.1, -0.05) is 6.92 Å². The number of rotatable bonds is 5. The van der Waals surface area contributed by atoms with Crippen molar-refractivity contribution in [1.82, 2.24) is 14.7 Å². The van der Waals surface area contributed by atoms with E-state index in [-0.39, 0.29) is 12.3 Å². The Morgan fingerprint density at radius 2 is 1.78 bits per heavy atom. The number of likely N-dealkylation sites (tertiary alicyclic amines) is 1. The van der Waals surface area contributed by atoms with E-state index in [2.05, 4.69) is 12.0 Å². The molecule has 0 bridgehead atoms. The van der Waals surface area contributed by atoms with Crippen molar-refractivity contribution in [3.05, 3.63) is 46.8 Å². The van der Waals surface area contributed by atoms with Gasteiger partial charge in [-0.3, -0.25) is 9.59 Å². The smallest absolute Gasteiger partial charge is 0.303 e. The van der Waals surface area contributed by atoms with Gasteiger partial charge >= 0.3 is 5.97 Å². The molecule has 1 aliphatic rings. The largest absolute Gasteiger partial charge is 0.481 e. The molecular weight excluding hydrogens is 342 g/mol. The fourth-order valence-electron chi connectivity index (χ4n) is 3.66. The first kappa shape index (κ1) is 19.1. The number of aromatic nitrogens is 2. The van der Waals surface area contributed by atoms with E-state index in [0.717, 1.165) is 48.6 Å². The molecule has 1 aromatic heterocycles. The summed E-state index contributed by atoms with van der Waals surface area (Å²) in [6.45, 7) is 7.73. The molecule has 2 aromatic rings. The van der Waals surface area contributed by atoms with Gasteiger partial charge < -0.3 is 10.0 Å². The number of nitrogens with zero attached hydrogens (tertiary/aromatic N) is 3. The van der Waals surface area contributed by atoms with Crippen molar-refractivity contribution < 1.29 is 14.7 Å². The first-order chi connectivity index (χ1) is 12.9. The van der Waals surface area contributed by atoms with Gasteiger partial charge in [0.2, 0.25) is 0 Å². The Kier molecular flexibility index (Phi) is 5.63. The Balaban J connectivity index is 1.76. The zero-order chi connectivity index (χ0) is 19.6. The minimum absolute atomic E-state index is 0.0870. The Morgan fingerprint density at radius 1 is 1.15 bits per heavy atom. The molecule has 1 aliphatic heterocycles. The van der Waals surface area contributed by atoms with Crippen molar-refractivity contribution in [3.8, 4) is 5.69 Å². The molecule has 3 rings (SSSR count). The second kappa shape index (κ2) is 7.94. The van der Waals surface area contributed by atoms with Crippen LogP contribution in [0, 0.1) is 19.8 Å². The lowest BCUT2D eigenvalue weighted by atomic mass is 9.98. The predicted molar refractivity (Wildman–Crippen MR) is 103 cm³/mol. The lowest BCUT2D eigenvalue weighted by Gasteiger charge is -2.30. The number of carboxylic acid groups (broad SMARTS) is 1. The second-order valence-electron chi connectivity index (χ2n) is 7.48. The highest BCUT2D eigenvalue weighted by Crippen LogP contribution is 2.21. The summed E-state index contributed by atoms with van der Waals surface area (Å²) in [6.07, 6.45) is 2.69. The van der Waals surface area contributed by atoms with Crippen LogP contribution in [0.5, 0.6) is 0 Å². The van der Waals surface area contributed by atoms with Gasteiger partial charge in [-0.15, -0.1) is 0 Å². The van der Waals surface area contributed by atoms with E-state index in [1.807, 2.05) is 47.7 Å². The van der Waals surface area contributed by atoms with Crippen LogP contribution in [0.3, 0.4) is 0 Å². The van der Waals surface area contributed by atoms with Gasteiger partial charge in [-0.05, 0) is 68.9 Å². The maximum Gasteiger partial charge on any atom is 0.303 e. The summed E-state index contributed by atoms with van der Waals surface area (Å²) in [7, 11) is 0. The molecule has 6 nitrogen and oxygen atoms in total. The van der Waals surface area contributed by atoms with Gasteiger partial charge in [0.15, 0.2) is 0 Å². The van der Waals surface area contributed by atoms with E-state index in [4.69, 9.17) is 5.11 Å². The van der Waals surface area contributed by atoms with Crippen LogP contribution in [0.4, 0.5) is 0 Å². The van der Waals surface area contributed by atoms with Crippen molar-refractivity contribution in [3.63, 3.8) is 0 Å². The second-order valence-corrected chi connectivity index (χ2v) is 7.48. The third-order valence-corrected chi connectivity index (χ3v) is 5.46. The van der Waals surface area contributed by atoms with E-state index < -0.39 is 5.97 Å². The molecule has 6 heteroatoms. The molecule has 0 spiro atoms. The van der Waals surface area contributed by atoms with E-state index in [9.17, 15) is 9.59 Å². The molecule has 1 amide bonds. The number of benzene rings is 1. The summed E-state index contributed by atoms with van der Waals surface area (Å²) in [5, 5.41) is 13.5. The molecule has 0 radical (unpaired) electrons. The summed E-state index contributed by atoms with van der Waals surface area (Å²) in [5.41, 5.74) is 4.33. The van der Waals surface area contributed by atoms with Crippen molar-refractivity contribution in [2.75, 3.05) is 13.1 Å². The van der Waals surface area contributed by atoms with Gasteiger partial charge in [0.05, 0.1) is 11.4 Å². The number of carbonyl (C=O) groups excluding carboxylic acids is 1. The molecule has 0 unspecified atom stereocenters. The number of piperidine rings is 1. The number of amides is 1. The van der Waals surface area contributed by atoms with E-state index >= 15 is 0 Å². The highest BCUT2D eigenvalue weighted by atomic mass is 16.4. The quantitative estimate of drug-likeness (QED) is 0.877. The first-order valence-corrected chi connectivity index (χ1v) is 9.53. The normalized spacial score (nSPS) is 15.1. The van der Waals surface area contributed by atoms with E-state index in [1.54, 1.807) is 0 Å². The third-order valence-electron chi connectivity index (χ3n) is 5.46. The summed E-state index contributed by atoms with van der Waals surface area (Å²) in [5.74, 6) is -0.0294. The SMILES string of the molecule is Cc1nn(-c2ccc(C(=O)N3CCC(C)CC3)cc2)c(C)c1CCC(=O)O. The summed E-state index contributed by atoms with van der Waals surface area (Å²) >= 11 is 0. The number of hydrogen-bond donors (Lipinski definition) is 1. The number of aryl methyl sites for hydroxylation is 1. The minimum Gasteiger partial charge on any atom is -0.481 e. The monoisotopic (exact) mass is 369 g/mol. The highest BCUT2D eigenvalue weighted by molar-refractivity contribution is 5.94. The lowest BCUT2D eigenvalue weighted by molar-refractivity contribution is -0.136. The van der Waals surface area contributed by atoms with Gasteiger partial charge in [0.1, 0.15) is 0 Å². The van der Waals surface area contributed by atoms with Gasteiger partial charge in [-0.2, -0.15) is 5.10 Å². The third kappa shape index (κ3) is 4.21. The molecule has 1 aromatic carbocycles. The van der Waals surface area contributed by atoms with Gasteiger partial charge in [-0.25, -0.2) is 4.68 Å². The fourth-order valence-corrected chi connectivity index (χ4v) is 3.66. The average molecular weight is 369 g/mol. The zero-order valence-electron chi connectivity index (χ0n) is 16.2. The molecule has 0 saturated carbocycles. The number of hydrogen-bond acceptors (Lipinski definition) is 3. The first-order valence-electron chi connectivity index (χ1n) is 9.53. The van der Waals surface area contributed by atoms with E-state index in [0.29, 0.717) is 17.9 Å². The van der Waals surface area contributed by atoms with Crippen LogP contribution in [0.15, 0.2) is 24.3 Å². The maximum atomic E-state index is 12.7. The maximum absolute atomic E-state index is 12.7. The van der Waals surface area contributed by atoms with Gasteiger partial charge in [0.25, 0.3) is 5.91 Å². The average Bonchev–Trinajstić information content (AvgIpc) is 2.94. The number of aliphatic carboxylic acids is 1. The van der Waals surface area contributed by atoms with Crippen LogP contribution in [0.25, 0.3) is 5.69 Å². The van der Waals surface area contributed by atoms with Crippen molar-refractivity contribution in [1.29, 1.82) is 0 Å². The molecule has 144 valence electrons. The van der Waals surface area contributed by atoms with Crippen LogP contribution in [-0.2, 0) is 11.2 Å². The molecule has 1 fully saturated rings. The van der Waals surface area contributed by atoms with Crippen LogP contribution in [0.1, 0.15) is 53.5 Å². The van der Waals surface area contributed by atoms with Crippen LogP contribution in [0.2, 0.25) is 0 Å². The molecule has 1 N–H and O–H groups in total. The topological polar surface area (TPSA) is 75.4 Å². The molecular formula is C21H27N3O3. The fraction of sp³-hybridized carbons (Fsp3) is 0.476. The number of carbonyl (C=O) groups is 2. The Labute approximate surface area is 159 Å². The van der Waals surface area contributed by atoms with Crippen LogP contribution in [-0.4, -0.2) is 44.8 Å². The van der Waals surface area contributed by atoms with Crippen LogP contribution < -0.4 is 0 Å². The van der Waals surface area contributed by atoms with Crippen LogP contribution >= 0.6 is 0 Å². The van der Waals surface area contributed by atoms with Crippen molar-refractivity contribution in [2.45, 2.75) is 46.5 Å². The predicted octanol–water partition coefficient (Wildman–Crippen LogP) is 3.38. The minimum atomic E-state index is -0.809. The van der Waals surface area contributed by atoms with Crippen molar-refractivity contribution in [2.24, 2.45) is 5.92 Å². The summed E-state index contributed by atoms with van der Waals surface area (Å²) < 4.78 is 1.82. The molecule has 0 aliphatic carbocycles. The molecule has 1 saturated heterocycles. The molecule has 0 atom stereocenters. The number of carboxylic acids is 1. The van der Waals surface area contributed by atoms with Crippen molar-refractivity contribution >= 4 is 11.9 Å². The Bertz CT molecular complexity index is 831. The standard InChI is InChI=1S/C21H27N3O3/c1-14-10-12-23(13-11-14)21(27)17-4-6-18(7-5-17)24-16(3)19(15(2)22-24)8-9-20(25)26/h4-7,14H,8-13H2,1-3H3,(H,25,26). The summed E-state index contributed by atoms with van der Waals surface area (Å²) in [4.78, 5) is 25.5. The summed E-state index contributed by atoms with van der Waals surface area (Å²) in [6, 6.07) is 7.51. The van der Waals surface area contributed by atoms with Gasteiger partial charge in [0, 0.05) is 30.8 Å². The highest BCUT2D eigenvalue weighted by Gasteiger charge is 2.21.